The summed E-state index contributed by atoms with van der Waals surface area (Å²) in [7, 11) is 0. The van der Waals surface area contributed by atoms with Gasteiger partial charge in [0.25, 0.3) is 0 Å². The Balaban J connectivity index is 2.73. The van der Waals surface area contributed by atoms with Crippen LogP contribution in [0, 0.1) is 0 Å². The normalized spacial score (nSPS) is 24.4. The van der Waals surface area contributed by atoms with Crippen LogP contribution in [0.3, 0.4) is 0 Å². The molecular weight excluding hydrogens is 228 g/mol. The van der Waals surface area contributed by atoms with Crippen molar-refractivity contribution in [2.75, 3.05) is 13.2 Å². The van der Waals surface area contributed by atoms with Crippen LogP contribution >= 0.6 is 0 Å². The molecule has 0 aromatic rings. The summed E-state index contributed by atoms with van der Waals surface area (Å²) in [4.78, 5) is 23.1. The molecular formula is C11H16O6. The summed E-state index contributed by atoms with van der Waals surface area (Å²) in [6.45, 7) is 7.20. The van der Waals surface area contributed by atoms with Crippen LogP contribution in [-0.2, 0) is 28.5 Å². The first-order valence-corrected chi connectivity index (χ1v) is 5.40. The lowest BCUT2D eigenvalue weighted by molar-refractivity contribution is -0.163. The first kappa shape index (κ1) is 13.7. The summed E-state index contributed by atoms with van der Waals surface area (Å²) in [5, 5.41) is 0. The molecule has 1 fully saturated rings. The Morgan fingerprint density at radius 3 is 1.82 bits per heavy atom. The lowest BCUT2D eigenvalue weighted by atomic mass is 10.2. The van der Waals surface area contributed by atoms with Gasteiger partial charge in [0.1, 0.15) is 0 Å². The molecule has 0 aromatic heterocycles. The number of esters is 2. The molecule has 1 saturated heterocycles. The highest BCUT2D eigenvalue weighted by Gasteiger charge is 2.46. The average molecular weight is 244 g/mol. The molecule has 1 heterocycles. The minimum absolute atomic E-state index is 0.201. The largest absolute Gasteiger partial charge is 0.464 e. The second kappa shape index (κ2) is 6.36. The molecule has 0 bridgehead atoms. The Morgan fingerprint density at radius 1 is 1.12 bits per heavy atom. The van der Waals surface area contributed by atoms with Crippen molar-refractivity contribution in [1.82, 2.24) is 0 Å². The van der Waals surface area contributed by atoms with Crippen LogP contribution in [0.4, 0.5) is 0 Å². The molecule has 0 unspecified atom stereocenters. The molecule has 17 heavy (non-hydrogen) atoms. The van der Waals surface area contributed by atoms with Gasteiger partial charge in [-0.1, -0.05) is 6.58 Å². The standard InChI is InChI=1S/C11H16O6/c1-4-7-16-8(10(12)14-5-2)9(17-7)11(13)15-6-3/h4,7-9H,1,5-6H2,2-3H3/t8-,9-/m0/s1. The first-order chi connectivity index (χ1) is 8.13. The predicted octanol–water partition coefficient (Wildman–Crippen LogP) is 0.409. The summed E-state index contributed by atoms with van der Waals surface area (Å²) < 4.78 is 20.0. The van der Waals surface area contributed by atoms with Gasteiger partial charge in [-0.05, 0) is 19.9 Å². The van der Waals surface area contributed by atoms with Gasteiger partial charge in [-0.15, -0.1) is 0 Å². The molecule has 6 nitrogen and oxygen atoms in total. The second-order valence-electron chi connectivity index (χ2n) is 3.22. The molecule has 0 saturated carbocycles. The highest BCUT2D eigenvalue weighted by molar-refractivity contribution is 5.86. The van der Waals surface area contributed by atoms with E-state index >= 15 is 0 Å². The van der Waals surface area contributed by atoms with Crippen LogP contribution in [0.25, 0.3) is 0 Å². The van der Waals surface area contributed by atoms with E-state index in [1.165, 1.54) is 6.08 Å². The fraction of sp³-hybridized carbons (Fsp3) is 0.636. The Morgan fingerprint density at radius 2 is 1.53 bits per heavy atom. The number of hydrogen-bond acceptors (Lipinski definition) is 6. The SMILES string of the molecule is C=CC1O[C@H](C(=O)OCC)[C@@H](C(=O)OCC)O1. The highest BCUT2D eigenvalue weighted by Crippen LogP contribution is 2.22. The molecule has 2 atom stereocenters. The Bertz CT molecular complexity index is 274. The van der Waals surface area contributed by atoms with E-state index in [0.717, 1.165) is 0 Å². The number of rotatable bonds is 5. The molecule has 1 aliphatic heterocycles. The summed E-state index contributed by atoms with van der Waals surface area (Å²) in [5.74, 6) is -1.29. The van der Waals surface area contributed by atoms with Crippen molar-refractivity contribution < 1.29 is 28.5 Å². The van der Waals surface area contributed by atoms with Gasteiger partial charge >= 0.3 is 11.9 Å². The van der Waals surface area contributed by atoms with Crippen molar-refractivity contribution in [3.05, 3.63) is 12.7 Å². The Hall–Kier alpha value is -1.40. The van der Waals surface area contributed by atoms with E-state index in [1.54, 1.807) is 13.8 Å². The van der Waals surface area contributed by atoms with Crippen LogP contribution < -0.4 is 0 Å². The maximum absolute atomic E-state index is 11.6. The quantitative estimate of drug-likeness (QED) is 0.515. The maximum Gasteiger partial charge on any atom is 0.338 e. The van der Waals surface area contributed by atoms with E-state index in [9.17, 15) is 9.59 Å². The zero-order valence-corrected chi connectivity index (χ0v) is 9.88. The second-order valence-corrected chi connectivity index (χ2v) is 3.22. The van der Waals surface area contributed by atoms with Gasteiger partial charge < -0.3 is 18.9 Å². The number of ether oxygens (including phenoxy) is 4. The fourth-order valence-electron chi connectivity index (χ4n) is 1.38. The Kier molecular flexibility index (Phi) is 5.11. The van der Waals surface area contributed by atoms with Gasteiger partial charge in [0, 0.05) is 0 Å². The zero-order chi connectivity index (χ0) is 12.8. The van der Waals surface area contributed by atoms with Crippen molar-refractivity contribution >= 4 is 11.9 Å². The minimum atomic E-state index is -1.10. The number of carbonyl (C=O) groups is 2. The lowest BCUT2D eigenvalue weighted by Crippen LogP contribution is -2.39. The van der Waals surface area contributed by atoms with Crippen LogP contribution in [0.5, 0.6) is 0 Å². The summed E-state index contributed by atoms with van der Waals surface area (Å²) in [5.41, 5.74) is 0. The van der Waals surface area contributed by atoms with Crippen LogP contribution in [-0.4, -0.2) is 43.7 Å². The van der Waals surface area contributed by atoms with Crippen LogP contribution in [0.2, 0.25) is 0 Å². The van der Waals surface area contributed by atoms with Crippen molar-refractivity contribution in [2.24, 2.45) is 0 Å². The fourth-order valence-corrected chi connectivity index (χ4v) is 1.38. The van der Waals surface area contributed by atoms with Crippen molar-refractivity contribution in [3.63, 3.8) is 0 Å². The van der Waals surface area contributed by atoms with E-state index in [1.807, 2.05) is 0 Å². The molecule has 0 N–H and O–H groups in total. The zero-order valence-electron chi connectivity index (χ0n) is 9.88. The molecule has 0 amide bonds. The third kappa shape index (κ3) is 3.28. The van der Waals surface area contributed by atoms with Crippen LogP contribution in [0.15, 0.2) is 12.7 Å². The molecule has 6 heteroatoms. The van der Waals surface area contributed by atoms with Gasteiger partial charge in [0.05, 0.1) is 13.2 Å². The van der Waals surface area contributed by atoms with Gasteiger partial charge in [0.2, 0.25) is 0 Å². The first-order valence-electron chi connectivity index (χ1n) is 5.40. The molecule has 1 rings (SSSR count). The molecule has 1 aliphatic rings. The summed E-state index contributed by atoms with van der Waals surface area (Å²) >= 11 is 0. The van der Waals surface area contributed by atoms with Crippen LogP contribution in [0.1, 0.15) is 13.8 Å². The van der Waals surface area contributed by atoms with Gasteiger partial charge in [-0.25, -0.2) is 9.59 Å². The third-order valence-electron chi connectivity index (χ3n) is 2.07. The lowest BCUT2D eigenvalue weighted by Gasteiger charge is -2.13. The minimum Gasteiger partial charge on any atom is -0.464 e. The predicted molar refractivity (Wildman–Crippen MR) is 57.0 cm³/mol. The van der Waals surface area contributed by atoms with Gasteiger partial charge in [0.15, 0.2) is 18.5 Å². The maximum atomic E-state index is 11.6. The Labute approximate surface area is 99.5 Å². The summed E-state index contributed by atoms with van der Waals surface area (Å²) in [6.07, 6.45) is -1.65. The molecule has 96 valence electrons. The monoisotopic (exact) mass is 244 g/mol. The molecule has 0 aliphatic carbocycles. The van der Waals surface area contributed by atoms with Gasteiger partial charge in [-0.3, -0.25) is 0 Å². The smallest absolute Gasteiger partial charge is 0.338 e. The average Bonchev–Trinajstić information content (AvgIpc) is 2.73. The number of carbonyl (C=O) groups excluding carboxylic acids is 2. The van der Waals surface area contributed by atoms with E-state index in [-0.39, 0.29) is 13.2 Å². The highest BCUT2D eigenvalue weighted by atomic mass is 16.8. The van der Waals surface area contributed by atoms with Crippen molar-refractivity contribution in [2.45, 2.75) is 32.3 Å². The summed E-state index contributed by atoms with van der Waals surface area (Å²) in [6, 6.07) is 0. The number of hydrogen-bond donors (Lipinski definition) is 0. The van der Waals surface area contributed by atoms with E-state index in [0.29, 0.717) is 0 Å². The van der Waals surface area contributed by atoms with E-state index < -0.39 is 30.4 Å². The van der Waals surface area contributed by atoms with E-state index in [2.05, 4.69) is 6.58 Å². The third-order valence-corrected chi connectivity index (χ3v) is 2.07. The van der Waals surface area contributed by atoms with Crippen molar-refractivity contribution in [1.29, 1.82) is 0 Å². The van der Waals surface area contributed by atoms with Crippen molar-refractivity contribution in [3.8, 4) is 0 Å². The molecule has 0 aromatic carbocycles. The molecule has 0 spiro atoms. The topological polar surface area (TPSA) is 71.1 Å². The molecule has 0 radical (unpaired) electrons. The van der Waals surface area contributed by atoms with E-state index in [4.69, 9.17) is 18.9 Å². The van der Waals surface area contributed by atoms with Gasteiger partial charge in [-0.2, -0.15) is 0 Å².